The van der Waals surface area contributed by atoms with Gasteiger partial charge in [0.15, 0.2) is 0 Å². The Labute approximate surface area is 212 Å². The van der Waals surface area contributed by atoms with Gasteiger partial charge in [0.1, 0.15) is 11.6 Å². The monoisotopic (exact) mass is 499 g/mol. The van der Waals surface area contributed by atoms with Crippen LogP contribution in [-0.2, 0) is 23.9 Å². The van der Waals surface area contributed by atoms with Crippen LogP contribution in [0.15, 0.2) is 47.4 Å². The smallest absolute Gasteiger partial charge is 0.328 e. The highest BCUT2D eigenvalue weighted by Crippen LogP contribution is 2.39. The van der Waals surface area contributed by atoms with Crippen LogP contribution in [-0.4, -0.2) is 53.3 Å². The third kappa shape index (κ3) is 6.78. The number of nitrogens with zero attached hydrogens (tertiary/aromatic N) is 1. The third-order valence-corrected chi connectivity index (χ3v) is 7.48. The summed E-state index contributed by atoms with van der Waals surface area (Å²) in [6.45, 7) is 11.6. The number of esters is 2. The van der Waals surface area contributed by atoms with Crippen LogP contribution < -0.4 is 0 Å². The summed E-state index contributed by atoms with van der Waals surface area (Å²) < 4.78 is 10.6. The molecule has 0 bridgehead atoms. The number of fused-ring (bicyclic) bond motifs is 1. The average molecular weight is 500 g/mol. The second-order valence-corrected chi connectivity index (χ2v) is 12.5. The second kappa shape index (κ2) is 10.6. The Hall–Kier alpha value is -2.54. The molecule has 0 aromatic heterocycles. The number of benzene rings is 2. The van der Waals surface area contributed by atoms with E-state index in [0.717, 1.165) is 15.7 Å². The maximum atomic E-state index is 13.8. The van der Waals surface area contributed by atoms with Crippen LogP contribution in [0.25, 0.3) is 10.8 Å². The van der Waals surface area contributed by atoms with E-state index in [1.54, 1.807) is 16.7 Å². The number of carbonyl (C=O) groups is 3. The first-order chi connectivity index (χ1) is 16.3. The highest BCUT2D eigenvalue weighted by molar-refractivity contribution is 8.00. The van der Waals surface area contributed by atoms with Gasteiger partial charge in [-0.25, -0.2) is 4.79 Å². The molecule has 35 heavy (non-hydrogen) atoms. The molecule has 3 rings (SSSR count). The van der Waals surface area contributed by atoms with Crippen molar-refractivity contribution in [1.82, 2.24) is 4.90 Å². The molecule has 0 aliphatic carbocycles. The molecule has 3 atom stereocenters. The molecule has 1 aliphatic rings. The van der Waals surface area contributed by atoms with Gasteiger partial charge in [-0.15, -0.1) is 11.8 Å². The number of hydrogen-bond donors (Lipinski definition) is 0. The summed E-state index contributed by atoms with van der Waals surface area (Å²) in [7, 11) is 1.35. The quantitative estimate of drug-likeness (QED) is 0.491. The number of ether oxygens (including phenoxy) is 2. The summed E-state index contributed by atoms with van der Waals surface area (Å²) >= 11 is 1.68. The van der Waals surface area contributed by atoms with Gasteiger partial charge in [-0.2, -0.15) is 0 Å². The number of likely N-dealkylation sites (tertiary alicyclic amines) is 1. The van der Waals surface area contributed by atoms with Gasteiger partial charge in [0, 0.05) is 16.7 Å². The molecule has 6 nitrogen and oxygen atoms in total. The first kappa shape index (κ1) is 27.1. The van der Waals surface area contributed by atoms with E-state index in [1.807, 2.05) is 59.7 Å². The van der Waals surface area contributed by atoms with Crippen LogP contribution in [0.1, 0.15) is 54.4 Å². The summed E-state index contributed by atoms with van der Waals surface area (Å²) in [6, 6.07) is 13.7. The van der Waals surface area contributed by atoms with Crippen LogP contribution in [0.5, 0.6) is 0 Å². The van der Waals surface area contributed by atoms with E-state index in [-0.39, 0.29) is 17.6 Å². The van der Waals surface area contributed by atoms with Crippen molar-refractivity contribution in [1.29, 1.82) is 0 Å². The molecule has 2 aromatic carbocycles. The molecule has 1 saturated heterocycles. The highest BCUT2D eigenvalue weighted by atomic mass is 32.2. The fourth-order valence-electron chi connectivity index (χ4n) is 4.48. The number of rotatable bonds is 6. The maximum Gasteiger partial charge on any atom is 0.328 e. The van der Waals surface area contributed by atoms with Crippen LogP contribution in [0.2, 0.25) is 0 Å². The van der Waals surface area contributed by atoms with Gasteiger partial charge in [0.05, 0.1) is 19.4 Å². The van der Waals surface area contributed by atoms with Gasteiger partial charge in [0.25, 0.3) is 0 Å². The molecule has 1 amide bonds. The lowest BCUT2D eigenvalue weighted by Gasteiger charge is -2.34. The van der Waals surface area contributed by atoms with Gasteiger partial charge >= 0.3 is 11.9 Å². The molecule has 0 N–H and O–H groups in total. The molecule has 2 aromatic rings. The predicted molar refractivity (Wildman–Crippen MR) is 139 cm³/mol. The molecule has 0 radical (unpaired) electrons. The minimum atomic E-state index is -0.677. The van der Waals surface area contributed by atoms with Crippen LogP contribution >= 0.6 is 11.8 Å². The number of amides is 1. The van der Waals surface area contributed by atoms with E-state index < -0.39 is 34.9 Å². The molecule has 1 aliphatic heterocycles. The number of carbonyl (C=O) groups excluding carboxylic acids is 3. The average Bonchev–Trinajstić information content (AvgIpc) is 3.18. The second-order valence-electron chi connectivity index (χ2n) is 11.2. The fraction of sp³-hybridized carbons (Fsp3) is 0.536. The molecule has 1 fully saturated rings. The molecule has 0 unspecified atom stereocenters. The molecule has 190 valence electrons. The maximum absolute atomic E-state index is 13.8. The summed E-state index contributed by atoms with van der Waals surface area (Å²) in [6.07, 6.45) is 0.459. The van der Waals surface area contributed by atoms with Crippen molar-refractivity contribution in [3.05, 3.63) is 42.5 Å². The standard InChI is InChI=1S/C28H37NO5S/c1-27(2,3)21(16-24(30)34-28(4,5)6)25(31)29-17-19(15-22(29)26(32)33-7)35-23-14-10-12-18-11-8-9-13-20(18)23/h8-14,19,21-22H,15-17H2,1-7H3/t19-,21-,22+/m1/s1. The molecule has 1 heterocycles. The van der Waals surface area contributed by atoms with Crippen LogP contribution in [0.3, 0.4) is 0 Å². The lowest BCUT2D eigenvalue weighted by Crippen LogP contribution is -2.47. The first-order valence-electron chi connectivity index (χ1n) is 12.0. The van der Waals surface area contributed by atoms with E-state index in [0.29, 0.717) is 13.0 Å². The van der Waals surface area contributed by atoms with E-state index in [9.17, 15) is 14.4 Å². The zero-order valence-electron chi connectivity index (χ0n) is 21.8. The molecular formula is C28H37NO5S. The largest absolute Gasteiger partial charge is 0.467 e. The van der Waals surface area contributed by atoms with Gasteiger partial charge in [-0.1, -0.05) is 57.2 Å². The molecule has 0 saturated carbocycles. The normalized spacial score (nSPS) is 19.5. The number of thioether (sulfide) groups is 1. The Bertz CT molecular complexity index is 1080. The summed E-state index contributed by atoms with van der Waals surface area (Å²) in [4.78, 5) is 41.9. The minimum Gasteiger partial charge on any atom is -0.467 e. The summed E-state index contributed by atoms with van der Waals surface area (Å²) in [5.41, 5.74) is -1.12. The lowest BCUT2D eigenvalue weighted by atomic mass is 9.77. The lowest BCUT2D eigenvalue weighted by molar-refractivity contribution is -0.162. The molecular weight excluding hydrogens is 462 g/mol. The van der Waals surface area contributed by atoms with Gasteiger partial charge in [-0.05, 0) is 49.4 Å². The Morgan fingerprint density at radius 3 is 2.31 bits per heavy atom. The van der Waals surface area contributed by atoms with Crippen molar-refractivity contribution in [2.45, 2.75) is 76.2 Å². The Balaban J connectivity index is 1.85. The Morgan fingerprint density at radius 2 is 1.69 bits per heavy atom. The van der Waals surface area contributed by atoms with E-state index in [2.05, 4.69) is 24.3 Å². The molecule has 0 spiro atoms. The van der Waals surface area contributed by atoms with Crippen molar-refractivity contribution in [2.75, 3.05) is 13.7 Å². The first-order valence-corrected chi connectivity index (χ1v) is 12.9. The van der Waals surface area contributed by atoms with E-state index in [4.69, 9.17) is 9.47 Å². The van der Waals surface area contributed by atoms with Crippen LogP contribution in [0.4, 0.5) is 0 Å². The van der Waals surface area contributed by atoms with Gasteiger partial charge < -0.3 is 14.4 Å². The summed E-state index contributed by atoms with van der Waals surface area (Å²) in [5, 5.41) is 2.32. The van der Waals surface area contributed by atoms with E-state index >= 15 is 0 Å². The van der Waals surface area contributed by atoms with Gasteiger partial charge in [-0.3, -0.25) is 9.59 Å². The topological polar surface area (TPSA) is 72.9 Å². The summed E-state index contributed by atoms with van der Waals surface area (Å²) in [5.74, 6) is -1.67. The Kier molecular flexibility index (Phi) is 8.20. The van der Waals surface area contributed by atoms with Crippen molar-refractivity contribution in [3.63, 3.8) is 0 Å². The number of methoxy groups -OCH3 is 1. The minimum absolute atomic E-state index is 0.0241. The van der Waals surface area contributed by atoms with Crippen molar-refractivity contribution in [3.8, 4) is 0 Å². The zero-order valence-corrected chi connectivity index (χ0v) is 22.6. The highest BCUT2D eigenvalue weighted by Gasteiger charge is 2.46. The van der Waals surface area contributed by atoms with Crippen molar-refractivity contribution in [2.24, 2.45) is 11.3 Å². The Morgan fingerprint density at radius 1 is 1.03 bits per heavy atom. The fourth-order valence-corrected chi connectivity index (χ4v) is 5.82. The third-order valence-electron chi connectivity index (χ3n) is 6.20. The number of hydrogen-bond acceptors (Lipinski definition) is 6. The SMILES string of the molecule is COC(=O)[C@@H]1C[C@@H](Sc2cccc3ccccc23)CN1C(=O)[C@@H](CC(=O)OC(C)(C)C)C(C)(C)C. The van der Waals surface area contributed by atoms with Crippen molar-refractivity contribution < 1.29 is 23.9 Å². The predicted octanol–water partition coefficient (Wildman–Crippen LogP) is 5.47. The molecule has 7 heteroatoms. The van der Waals surface area contributed by atoms with Gasteiger partial charge in [0.2, 0.25) is 5.91 Å². The van der Waals surface area contributed by atoms with Crippen molar-refractivity contribution >= 4 is 40.4 Å². The zero-order chi connectivity index (χ0) is 26.0. The van der Waals surface area contributed by atoms with Crippen LogP contribution in [0, 0.1) is 11.3 Å². The van der Waals surface area contributed by atoms with E-state index in [1.165, 1.54) is 7.11 Å².